The molecule has 1 heterocycles. The summed E-state index contributed by atoms with van der Waals surface area (Å²) in [5.74, 6) is 0. The number of aliphatic hydroxyl groups excluding tert-OH is 1. The van der Waals surface area contributed by atoms with Crippen molar-refractivity contribution >= 4 is 10.9 Å². The molecule has 0 atom stereocenters. The second-order valence-corrected chi connectivity index (χ2v) is 3.19. The lowest BCUT2D eigenvalue weighted by molar-refractivity contribution is 0.278. The van der Waals surface area contributed by atoms with Crippen LogP contribution in [0, 0.1) is 0 Å². The van der Waals surface area contributed by atoms with Gasteiger partial charge in [0.05, 0.1) is 6.61 Å². The zero-order valence-corrected chi connectivity index (χ0v) is 7.67. The highest BCUT2D eigenvalue weighted by atomic mass is 16.3. The number of aromatic amines is 1. The molecule has 2 aromatic rings. The van der Waals surface area contributed by atoms with Crippen molar-refractivity contribution in [2.24, 2.45) is 0 Å². The first kappa shape index (κ1) is 8.32. The molecule has 0 unspecified atom stereocenters. The molecule has 0 saturated carbocycles. The Hall–Kier alpha value is -1.28. The highest BCUT2D eigenvalue weighted by Crippen LogP contribution is 2.19. The summed E-state index contributed by atoms with van der Waals surface area (Å²) in [4.78, 5) is 3.21. The summed E-state index contributed by atoms with van der Waals surface area (Å²) in [5.41, 5.74) is 3.35. The second-order valence-electron chi connectivity index (χ2n) is 3.19. The fourth-order valence-electron chi connectivity index (χ4n) is 1.66. The van der Waals surface area contributed by atoms with Crippen LogP contribution in [0.25, 0.3) is 10.9 Å². The fourth-order valence-corrected chi connectivity index (χ4v) is 1.66. The number of aryl methyl sites for hydroxylation is 1. The van der Waals surface area contributed by atoms with E-state index in [4.69, 9.17) is 5.11 Å². The average Bonchev–Trinajstić information content (AvgIpc) is 2.59. The molecular formula is C11H13NO. The molecule has 2 rings (SSSR count). The van der Waals surface area contributed by atoms with Gasteiger partial charge in [0.2, 0.25) is 0 Å². The zero-order valence-electron chi connectivity index (χ0n) is 7.67. The third kappa shape index (κ3) is 1.33. The summed E-state index contributed by atoms with van der Waals surface area (Å²) in [6, 6.07) is 8.22. The Morgan fingerprint density at radius 3 is 2.92 bits per heavy atom. The topological polar surface area (TPSA) is 36.0 Å². The van der Waals surface area contributed by atoms with E-state index in [1.54, 1.807) is 0 Å². The Morgan fingerprint density at radius 2 is 2.23 bits per heavy atom. The van der Waals surface area contributed by atoms with E-state index in [0.29, 0.717) is 0 Å². The SMILES string of the molecule is CCc1cccc2cc(CO)[nH]c12. The third-order valence-electron chi connectivity index (χ3n) is 2.35. The smallest absolute Gasteiger partial charge is 0.0831 e. The van der Waals surface area contributed by atoms with Gasteiger partial charge in [0, 0.05) is 16.6 Å². The van der Waals surface area contributed by atoms with E-state index in [9.17, 15) is 0 Å². The number of rotatable bonds is 2. The molecule has 0 bridgehead atoms. The molecule has 0 amide bonds. The molecule has 1 aromatic heterocycles. The van der Waals surface area contributed by atoms with Crippen LogP contribution < -0.4 is 0 Å². The number of hydrogen-bond acceptors (Lipinski definition) is 1. The Morgan fingerprint density at radius 1 is 1.38 bits per heavy atom. The minimum atomic E-state index is 0.0812. The highest BCUT2D eigenvalue weighted by molar-refractivity contribution is 5.83. The molecular weight excluding hydrogens is 162 g/mol. The van der Waals surface area contributed by atoms with Crippen LogP contribution in [-0.4, -0.2) is 10.1 Å². The van der Waals surface area contributed by atoms with Gasteiger partial charge in [0.1, 0.15) is 0 Å². The molecule has 2 heteroatoms. The fraction of sp³-hybridized carbons (Fsp3) is 0.273. The van der Waals surface area contributed by atoms with Crippen molar-refractivity contribution in [1.29, 1.82) is 0 Å². The molecule has 0 saturated heterocycles. The zero-order chi connectivity index (χ0) is 9.26. The van der Waals surface area contributed by atoms with Gasteiger partial charge in [-0.2, -0.15) is 0 Å². The van der Waals surface area contributed by atoms with Gasteiger partial charge in [-0.25, -0.2) is 0 Å². The second kappa shape index (κ2) is 3.23. The number of benzene rings is 1. The number of hydrogen-bond donors (Lipinski definition) is 2. The summed E-state index contributed by atoms with van der Waals surface area (Å²) >= 11 is 0. The number of H-pyrrole nitrogens is 1. The van der Waals surface area contributed by atoms with Gasteiger partial charge < -0.3 is 10.1 Å². The van der Waals surface area contributed by atoms with Crippen molar-refractivity contribution < 1.29 is 5.11 Å². The Bertz CT molecular complexity index is 417. The lowest BCUT2D eigenvalue weighted by Gasteiger charge is -1.97. The van der Waals surface area contributed by atoms with Gasteiger partial charge in [-0.15, -0.1) is 0 Å². The minimum absolute atomic E-state index is 0.0812. The van der Waals surface area contributed by atoms with Crippen LogP contribution in [0.4, 0.5) is 0 Å². The third-order valence-corrected chi connectivity index (χ3v) is 2.35. The number of aliphatic hydroxyl groups is 1. The molecule has 0 aliphatic carbocycles. The lowest BCUT2D eigenvalue weighted by Crippen LogP contribution is -1.83. The van der Waals surface area contributed by atoms with Crippen molar-refractivity contribution in [3.05, 3.63) is 35.5 Å². The van der Waals surface area contributed by atoms with Gasteiger partial charge in [0.15, 0.2) is 0 Å². The van der Waals surface area contributed by atoms with Crippen LogP contribution in [0.15, 0.2) is 24.3 Å². The maximum absolute atomic E-state index is 8.97. The molecule has 2 N–H and O–H groups in total. The molecule has 0 radical (unpaired) electrons. The number of aromatic nitrogens is 1. The van der Waals surface area contributed by atoms with Crippen LogP contribution in [0.3, 0.4) is 0 Å². The molecule has 2 nitrogen and oxygen atoms in total. The van der Waals surface area contributed by atoms with Crippen LogP contribution in [0.5, 0.6) is 0 Å². The molecule has 13 heavy (non-hydrogen) atoms. The Labute approximate surface area is 77.2 Å². The van der Waals surface area contributed by atoms with Gasteiger partial charge >= 0.3 is 0 Å². The maximum atomic E-state index is 8.97. The largest absolute Gasteiger partial charge is 0.390 e. The normalized spacial score (nSPS) is 10.9. The number of para-hydroxylation sites is 1. The predicted octanol–water partition coefficient (Wildman–Crippen LogP) is 2.22. The monoisotopic (exact) mass is 175 g/mol. The highest BCUT2D eigenvalue weighted by Gasteiger charge is 2.02. The first-order valence-electron chi connectivity index (χ1n) is 4.55. The minimum Gasteiger partial charge on any atom is -0.390 e. The molecule has 68 valence electrons. The Kier molecular flexibility index (Phi) is 2.07. The van der Waals surface area contributed by atoms with E-state index in [2.05, 4.69) is 30.1 Å². The first-order chi connectivity index (χ1) is 6.35. The molecule has 0 spiro atoms. The van der Waals surface area contributed by atoms with E-state index >= 15 is 0 Å². The number of nitrogens with one attached hydrogen (secondary N) is 1. The summed E-state index contributed by atoms with van der Waals surface area (Å²) in [6.07, 6.45) is 1.02. The first-order valence-corrected chi connectivity index (χ1v) is 4.55. The Balaban J connectivity index is 2.67. The summed E-state index contributed by atoms with van der Waals surface area (Å²) in [6.45, 7) is 2.21. The molecule has 0 fully saturated rings. The molecule has 1 aromatic carbocycles. The quantitative estimate of drug-likeness (QED) is 0.721. The lowest BCUT2D eigenvalue weighted by atomic mass is 10.1. The van der Waals surface area contributed by atoms with Gasteiger partial charge in [-0.3, -0.25) is 0 Å². The molecule has 0 aliphatic rings. The van der Waals surface area contributed by atoms with Crippen LogP contribution in [0.1, 0.15) is 18.2 Å². The van der Waals surface area contributed by atoms with Crippen molar-refractivity contribution in [2.75, 3.05) is 0 Å². The maximum Gasteiger partial charge on any atom is 0.0831 e. The predicted molar refractivity (Wildman–Crippen MR) is 53.6 cm³/mol. The van der Waals surface area contributed by atoms with Crippen molar-refractivity contribution in [3.63, 3.8) is 0 Å². The van der Waals surface area contributed by atoms with Crippen LogP contribution in [-0.2, 0) is 13.0 Å². The molecule has 0 aliphatic heterocycles. The summed E-state index contributed by atoms with van der Waals surface area (Å²) in [5, 5.41) is 10.2. The van der Waals surface area contributed by atoms with E-state index in [-0.39, 0.29) is 6.61 Å². The van der Waals surface area contributed by atoms with E-state index in [1.807, 2.05) is 6.07 Å². The van der Waals surface area contributed by atoms with Crippen molar-refractivity contribution in [1.82, 2.24) is 4.98 Å². The van der Waals surface area contributed by atoms with Crippen LogP contribution in [0.2, 0.25) is 0 Å². The van der Waals surface area contributed by atoms with Gasteiger partial charge in [-0.1, -0.05) is 25.1 Å². The average molecular weight is 175 g/mol. The number of fused-ring (bicyclic) bond motifs is 1. The summed E-state index contributed by atoms with van der Waals surface area (Å²) in [7, 11) is 0. The van der Waals surface area contributed by atoms with E-state index in [0.717, 1.165) is 17.6 Å². The van der Waals surface area contributed by atoms with Gasteiger partial charge in [0.25, 0.3) is 0 Å². The van der Waals surface area contributed by atoms with Gasteiger partial charge in [-0.05, 0) is 18.1 Å². The standard InChI is InChI=1S/C11H13NO/c1-2-8-4-3-5-9-6-10(7-13)12-11(8)9/h3-6,12-13H,2,7H2,1H3. The van der Waals surface area contributed by atoms with E-state index < -0.39 is 0 Å². The van der Waals surface area contributed by atoms with Crippen LogP contribution >= 0.6 is 0 Å². The van der Waals surface area contributed by atoms with E-state index in [1.165, 1.54) is 10.9 Å². The summed E-state index contributed by atoms with van der Waals surface area (Å²) < 4.78 is 0. The van der Waals surface area contributed by atoms with Crippen molar-refractivity contribution in [3.8, 4) is 0 Å². The van der Waals surface area contributed by atoms with Crippen molar-refractivity contribution in [2.45, 2.75) is 20.0 Å².